The molecule has 1 saturated carbocycles. The Morgan fingerprint density at radius 2 is 1.71 bits per heavy atom. The number of amides is 1. The van der Waals surface area contributed by atoms with Crippen LogP contribution in [0, 0.1) is 0 Å². The highest BCUT2D eigenvalue weighted by molar-refractivity contribution is 5.61. The standard InChI is InChI=1S/C12H16O.CH3NO2/c13-12-9-5-4-8-11(12)10-6-2-1-3-7-10;2-1(3)4/h1-3,6-7,11-13H,4-5,8-9H2;2H2,(H,3,4). The number of rotatable bonds is 1. The second-order valence-electron chi connectivity index (χ2n) is 4.21. The molecule has 17 heavy (non-hydrogen) atoms. The molecule has 1 aromatic rings. The van der Waals surface area contributed by atoms with Crippen LogP contribution in [-0.2, 0) is 0 Å². The van der Waals surface area contributed by atoms with E-state index in [4.69, 9.17) is 9.90 Å². The molecular formula is C13H19NO3. The van der Waals surface area contributed by atoms with Crippen molar-refractivity contribution in [2.24, 2.45) is 5.73 Å². The van der Waals surface area contributed by atoms with Gasteiger partial charge in [-0.3, -0.25) is 0 Å². The van der Waals surface area contributed by atoms with E-state index in [1.54, 1.807) is 0 Å². The normalized spacial score (nSPS) is 23.4. The summed E-state index contributed by atoms with van der Waals surface area (Å²) in [5, 5.41) is 17.0. The van der Waals surface area contributed by atoms with Gasteiger partial charge in [-0.15, -0.1) is 0 Å². The molecule has 0 saturated heterocycles. The van der Waals surface area contributed by atoms with Crippen molar-refractivity contribution in [3.05, 3.63) is 35.9 Å². The lowest BCUT2D eigenvalue weighted by Crippen LogP contribution is -2.22. The van der Waals surface area contributed by atoms with Crippen LogP contribution in [0.15, 0.2) is 30.3 Å². The fourth-order valence-corrected chi connectivity index (χ4v) is 2.20. The Morgan fingerprint density at radius 1 is 1.18 bits per heavy atom. The van der Waals surface area contributed by atoms with Crippen LogP contribution in [0.25, 0.3) is 0 Å². The molecule has 4 N–H and O–H groups in total. The molecule has 1 amide bonds. The predicted molar refractivity (Wildman–Crippen MR) is 65.9 cm³/mol. The van der Waals surface area contributed by atoms with Gasteiger partial charge in [0.1, 0.15) is 0 Å². The smallest absolute Gasteiger partial charge is 0.402 e. The lowest BCUT2D eigenvalue weighted by atomic mass is 9.82. The minimum Gasteiger partial charge on any atom is -0.465 e. The van der Waals surface area contributed by atoms with Gasteiger partial charge in [-0.1, -0.05) is 43.2 Å². The van der Waals surface area contributed by atoms with Crippen LogP contribution in [0.4, 0.5) is 4.79 Å². The number of benzene rings is 1. The summed E-state index contributed by atoms with van der Waals surface area (Å²) in [6.07, 6.45) is 3.11. The fraction of sp³-hybridized carbons (Fsp3) is 0.462. The SMILES string of the molecule is NC(=O)O.OC1CCCCC1c1ccccc1. The lowest BCUT2D eigenvalue weighted by molar-refractivity contribution is 0.106. The first kappa shape index (κ1) is 13.5. The maximum Gasteiger partial charge on any atom is 0.402 e. The Hall–Kier alpha value is -1.55. The number of carbonyl (C=O) groups is 1. The molecule has 4 heteroatoms. The van der Waals surface area contributed by atoms with Crippen LogP contribution >= 0.6 is 0 Å². The minimum atomic E-state index is -1.33. The van der Waals surface area contributed by atoms with Gasteiger partial charge < -0.3 is 15.9 Å². The second kappa shape index (κ2) is 6.91. The number of aliphatic hydroxyl groups excluding tert-OH is 1. The van der Waals surface area contributed by atoms with Crippen LogP contribution in [0.5, 0.6) is 0 Å². The van der Waals surface area contributed by atoms with Crippen LogP contribution in [0.2, 0.25) is 0 Å². The van der Waals surface area contributed by atoms with Gasteiger partial charge in [0.25, 0.3) is 0 Å². The monoisotopic (exact) mass is 237 g/mol. The molecule has 1 fully saturated rings. The first-order valence-electron chi connectivity index (χ1n) is 5.82. The first-order chi connectivity index (χ1) is 8.11. The number of nitrogens with two attached hydrogens (primary N) is 1. The lowest BCUT2D eigenvalue weighted by Gasteiger charge is -2.27. The molecule has 2 atom stereocenters. The third-order valence-electron chi connectivity index (χ3n) is 2.96. The minimum absolute atomic E-state index is 0.115. The van der Waals surface area contributed by atoms with E-state index in [0.717, 1.165) is 12.8 Å². The second-order valence-corrected chi connectivity index (χ2v) is 4.21. The third kappa shape index (κ3) is 4.87. The van der Waals surface area contributed by atoms with Gasteiger partial charge in [0.15, 0.2) is 0 Å². The van der Waals surface area contributed by atoms with Crippen molar-refractivity contribution in [2.45, 2.75) is 37.7 Å². The quantitative estimate of drug-likeness (QED) is 0.701. The Bertz CT molecular complexity index is 336. The highest BCUT2D eigenvalue weighted by atomic mass is 16.4. The number of hydrogen-bond donors (Lipinski definition) is 3. The molecule has 1 aliphatic carbocycles. The zero-order valence-corrected chi connectivity index (χ0v) is 9.75. The van der Waals surface area contributed by atoms with E-state index in [0.29, 0.717) is 5.92 Å². The Morgan fingerprint density at radius 3 is 2.24 bits per heavy atom. The summed E-state index contributed by atoms with van der Waals surface area (Å²) in [4.78, 5) is 8.78. The van der Waals surface area contributed by atoms with Crippen molar-refractivity contribution in [3.63, 3.8) is 0 Å². The molecule has 0 aromatic heterocycles. The summed E-state index contributed by atoms with van der Waals surface area (Å²) in [6.45, 7) is 0. The summed E-state index contributed by atoms with van der Waals surface area (Å²) in [6, 6.07) is 10.4. The maximum absolute atomic E-state index is 9.82. The first-order valence-corrected chi connectivity index (χ1v) is 5.82. The molecule has 0 bridgehead atoms. The Labute approximate surface area is 101 Å². The number of aliphatic hydroxyl groups is 1. The number of carboxylic acid groups (broad SMARTS) is 1. The molecule has 1 aromatic carbocycles. The van der Waals surface area contributed by atoms with E-state index in [1.807, 2.05) is 6.07 Å². The van der Waals surface area contributed by atoms with E-state index < -0.39 is 6.09 Å². The van der Waals surface area contributed by atoms with Gasteiger partial charge in [0.2, 0.25) is 0 Å². The highest BCUT2D eigenvalue weighted by Gasteiger charge is 2.23. The van der Waals surface area contributed by atoms with Crippen molar-refractivity contribution in [1.29, 1.82) is 0 Å². The van der Waals surface area contributed by atoms with Crippen LogP contribution in [-0.4, -0.2) is 22.4 Å². The summed E-state index contributed by atoms with van der Waals surface area (Å²) < 4.78 is 0. The average Bonchev–Trinajstić information content (AvgIpc) is 2.30. The average molecular weight is 237 g/mol. The van der Waals surface area contributed by atoms with E-state index in [9.17, 15) is 5.11 Å². The van der Waals surface area contributed by atoms with Gasteiger partial charge in [0.05, 0.1) is 6.10 Å². The zero-order valence-electron chi connectivity index (χ0n) is 9.75. The van der Waals surface area contributed by atoms with E-state index in [-0.39, 0.29) is 6.10 Å². The largest absolute Gasteiger partial charge is 0.465 e. The molecule has 2 unspecified atom stereocenters. The van der Waals surface area contributed by atoms with Gasteiger partial charge in [0, 0.05) is 5.92 Å². The number of hydrogen-bond acceptors (Lipinski definition) is 2. The molecule has 0 aliphatic heterocycles. The molecule has 2 rings (SSSR count). The highest BCUT2D eigenvalue weighted by Crippen LogP contribution is 2.32. The fourth-order valence-electron chi connectivity index (χ4n) is 2.20. The van der Waals surface area contributed by atoms with Crippen molar-refractivity contribution in [2.75, 3.05) is 0 Å². The Balaban J connectivity index is 0.000000317. The van der Waals surface area contributed by atoms with E-state index >= 15 is 0 Å². The van der Waals surface area contributed by atoms with Crippen molar-refractivity contribution >= 4 is 6.09 Å². The van der Waals surface area contributed by atoms with Crippen molar-refractivity contribution in [3.8, 4) is 0 Å². The summed E-state index contributed by atoms with van der Waals surface area (Å²) >= 11 is 0. The van der Waals surface area contributed by atoms with Crippen molar-refractivity contribution in [1.82, 2.24) is 0 Å². The molecule has 4 nitrogen and oxygen atoms in total. The van der Waals surface area contributed by atoms with Crippen molar-refractivity contribution < 1.29 is 15.0 Å². The zero-order chi connectivity index (χ0) is 12.7. The van der Waals surface area contributed by atoms with Crippen LogP contribution in [0.3, 0.4) is 0 Å². The number of primary amides is 1. The van der Waals surface area contributed by atoms with Crippen LogP contribution < -0.4 is 5.73 Å². The summed E-state index contributed by atoms with van der Waals surface area (Å²) in [5.41, 5.74) is 5.33. The van der Waals surface area contributed by atoms with Gasteiger partial charge in [-0.25, -0.2) is 4.79 Å². The molecule has 0 heterocycles. The van der Waals surface area contributed by atoms with E-state index in [1.165, 1.54) is 18.4 Å². The predicted octanol–water partition coefficient (Wildman–Crippen LogP) is 2.33. The molecular weight excluding hydrogens is 218 g/mol. The van der Waals surface area contributed by atoms with Gasteiger partial charge in [-0.05, 0) is 18.4 Å². The topological polar surface area (TPSA) is 83.6 Å². The molecule has 0 radical (unpaired) electrons. The molecule has 0 spiro atoms. The summed E-state index contributed by atoms with van der Waals surface area (Å²) in [5.74, 6) is 0.384. The van der Waals surface area contributed by atoms with Gasteiger partial charge in [-0.2, -0.15) is 0 Å². The van der Waals surface area contributed by atoms with Crippen LogP contribution in [0.1, 0.15) is 37.2 Å². The molecule has 1 aliphatic rings. The maximum atomic E-state index is 9.82. The molecule has 94 valence electrons. The summed E-state index contributed by atoms with van der Waals surface area (Å²) in [7, 11) is 0. The third-order valence-corrected chi connectivity index (χ3v) is 2.96. The van der Waals surface area contributed by atoms with Gasteiger partial charge >= 0.3 is 6.09 Å². The van der Waals surface area contributed by atoms with E-state index in [2.05, 4.69) is 30.0 Å². The Kier molecular flexibility index (Phi) is 5.49.